The van der Waals surface area contributed by atoms with E-state index in [4.69, 9.17) is 21.3 Å². The number of pyridine rings is 1. The Morgan fingerprint density at radius 3 is 2.23 bits per heavy atom. The highest BCUT2D eigenvalue weighted by atomic mass is 35.5. The average Bonchev–Trinajstić information content (AvgIpc) is 3.41. The number of aromatic nitrogens is 4. The first-order valence-electron chi connectivity index (χ1n) is 13.2. The summed E-state index contributed by atoms with van der Waals surface area (Å²) < 4.78 is 7.30. The molecule has 5 heterocycles. The van der Waals surface area contributed by atoms with Crippen molar-refractivity contribution in [2.24, 2.45) is 0 Å². The summed E-state index contributed by atoms with van der Waals surface area (Å²) in [4.78, 5) is 23.4. The molecule has 2 fully saturated rings. The minimum absolute atomic E-state index is 0.129. The fourth-order valence-corrected chi connectivity index (χ4v) is 5.57. The number of aliphatic hydroxyl groups excluding tert-OH is 1. The summed E-state index contributed by atoms with van der Waals surface area (Å²) >= 11 is 6.38. The van der Waals surface area contributed by atoms with Crippen molar-refractivity contribution in [3.63, 3.8) is 0 Å². The van der Waals surface area contributed by atoms with Crippen molar-refractivity contribution >= 4 is 34.6 Å². The van der Waals surface area contributed by atoms with Gasteiger partial charge in [0.15, 0.2) is 0 Å². The van der Waals surface area contributed by atoms with E-state index in [0.29, 0.717) is 10.8 Å². The summed E-state index contributed by atoms with van der Waals surface area (Å²) in [7, 11) is 3.73. The van der Waals surface area contributed by atoms with Crippen LogP contribution in [0.3, 0.4) is 0 Å². The lowest BCUT2D eigenvalue weighted by molar-refractivity contribution is 0.281. The smallest absolute Gasteiger partial charge is 0.139 e. The predicted octanol–water partition coefficient (Wildman–Crippen LogP) is 3.02. The van der Waals surface area contributed by atoms with Crippen molar-refractivity contribution in [1.82, 2.24) is 24.3 Å². The average molecular weight is 549 g/mol. The van der Waals surface area contributed by atoms with Gasteiger partial charge in [0.1, 0.15) is 29.4 Å². The predicted molar refractivity (Wildman–Crippen MR) is 154 cm³/mol. The van der Waals surface area contributed by atoms with Gasteiger partial charge in [0.25, 0.3) is 0 Å². The minimum atomic E-state index is -0.129. The molecule has 0 radical (unpaired) electrons. The molecule has 4 aromatic rings. The molecule has 0 saturated carbocycles. The van der Waals surface area contributed by atoms with E-state index in [9.17, 15) is 5.11 Å². The molecule has 0 amide bonds. The summed E-state index contributed by atoms with van der Waals surface area (Å²) in [6.07, 6.45) is 5.68. The van der Waals surface area contributed by atoms with Crippen LogP contribution in [0.15, 0.2) is 49.1 Å². The molecule has 0 aliphatic carbocycles. The third-order valence-corrected chi connectivity index (χ3v) is 8.00. The number of benzene rings is 1. The Morgan fingerprint density at radius 1 is 0.897 bits per heavy atom. The monoisotopic (exact) mass is 548 g/mol. The first-order chi connectivity index (χ1) is 19.0. The van der Waals surface area contributed by atoms with Gasteiger partial charge in [-0.25, -0.2) is 15.0 Å². The molecule has 2 saturated heterocycles. The third-order valence-electron chi connectivity index (χ3n) is 7.70. The van der Waals surface area contributed by atoms with Gasteiger partial charge >= 0.3 is 0 Å². The van der Waals surface area contributed by atoms with Crippen LogP contribution in [0, 0.1) is 0 Å². The Morgan fingerprint density at radius 2 is 1.56 bits per heavy atom. The molecular formula is C28H33ClN8O2. The van der Waals surface area contributed by atoms with Crippen molar-refractivity contribution in [2.75, 3.05) is 81.2 Å². The first kappa shape index (κ1) is 25.7. The summed E-state index contributed by atoms with van der Waals surface area (Å²) in [5.74, 6) is 2.54. The third kappa shape index (κ3) is 5.19. The number of hydrogen-bond donors (Lipinski definition) is 1. The van der Waals surface area contributed by atoms with E-state index in [2.05, 4.69) is 54.8 Å². The van der Waals surface area contributed by atoms with E-state index < -0.39 is 0 Å². The van der Waals surface area contributed by atoms with E-state index in [1.54, 1.807) is 25.6 Å². The van der Waals surface area contributed by atoms with Gasteiger partial charge in [-0.05, 0) is 30.8 Å². The second-order valence-corrected chi connectivity index (χ2v) is 10.5. The highest BCUT2D eigenvalue weighted by Gasteiger charge is 2.22. The molecule has 204 valence electrons. The molecule has 1 aromatic carbocycles. The number of aliphatic hydroxyl groups is 1. The largest absolute Gasteiger partial charge is 0.495 e. The lowest BCUT2D eigenvalue weighted by atomic mass is 10.1. The minimum Gasteiger partial charge on any atom is -0.495 e. The zero-order valence-corrected chi connectivity index (χ0v) is 23.0. The highest BCUT2D eigenvalue weighted by molar-refractivity contribution is 6.32. The van der Waals surface area contributed by atoms with E-state index in [0.717, 1.165) is 92.1 Å². The SMILES string of the molecule is COc1cc(CO)c(-c2cn3ccc(N4CCN(c5cc(N6CCN(C)CC6)ncn5)CC4)cc3n2)cc1Cl. The van der Waals surface area contributed by atoms with Gasteiger partial charge < -0.3 is 33.8 Å². The van der Waals surface area contributed by atoms with Crippen LogP contribution in [0.25, 0.3) is 16.9 Å². The van der Waals surface area contributed by atoms with E-state index in [1.165, 1.54) is 0 Å². The van der Waals surface area contributed by atoms with Gasteiger partial charge in [-0.15, -0.1) is 0 Å². The molecule has 0 bridgehead atoms. The van der Waals surface area contributed by atoms with Crippen LogP contribution in [-0.4, -0.2) is 95.9 Å². The topological polar surface area (TPSA) is 85.5 Å². The van der Waals surface area contributed by atoms with Crippen molar-refractivity contribution in [3.05, 3.63) is 59.6 Å². The van der Waals surface area contributed by atoms with Gasteiger partial charge in [-0.1, -0.05) is 11.6 Å². The zero-order valence-electron chi connectivity index (χ0n) is 22.3. The van der Waals surface area contributed by atoms with Crippen LogP contribution in [0.1, 0.15) is 5.56 Å². The number of methoxy groups -OCH3 is 1. The molecule has 1 N–H and O–H groups in total. The lowest BCUT2D eigenvalue weighted by Crippen LogP contribution is -2.47. The quantitative estimate of drug-likeness (QED) is 0.391. The standard InChI is InChI=1S/C28H33ClN8O2/c1-33-5-7-35(8-6-33)26-16-27(31-19-30-26)36-11-9-34(10-12-36)21-3-4-37-17-24(32-28(37)14-21)22-15-23(29)25(39-2)13-20(22)18-38/h3-4,13-17,19,38H,5-12,18H2,1-2H3. The van der Waals surface area contributed by atoms with Crippen molar-refractivity contribution < 1.29 is 9.84 Å². The number of rotatable bonds is 6. The van der Waals surface area contributed by atoms with Crippen LogP contribution < -0.4 is 19.4 Å². The second kappa shape index (κ2) is 10.9. The van der Waals surface area contributed by atoms with Crippen LogP contribution in [0.5, 0.6) is 5.75 Å². The Hall–Kier alpha value is -3.60. The Labute approximate surface area is 233 Å². The number of anilines is 3. The number of hydrogen-bond acceptors (Lipinski definition) is 9. The van der Waals surface area contributed by atoms with Crippen molar-refractivity contribution in [3.8, 4) is 17.0 Å². The van der Waals surface area contributed by atoms with Gasteiger partial charge in [-0.3, -0.25) is 0 Å². The second-order valence-electron chi connectivity index (χ2n) is 10.1. The summed E-state index contributed by atoms with van der Waals surface area (Å²) in [6.45, 7) is 7.50. The number of nitrogens with zero attached hydrogens (tertiary/aromatic N) is 8. The number of piperazine rings is 2. The lowest BCUT2D eigenvalue weighted by Gasteiger charge is -2.37. The van der Waals surface area contributed by atoms with Gasteiger partial charge in [-0.2, -0.15) is 0 Å². The van der Waals surface area contributed by atoms with Gasteiger partial charge in [0, 0.05) is 88.1 Å². The van der Waals surface area contributed by atoms with Gasteiger partial charge in [0.2, 0.25) is 0 Å². The van der Waals surface area contributed by atoms with E-state index in [-0.39, 0.29) is 6.61 Å². The fourth-order valence-electron chi connectivity index (χ4n) is 5.33. The summed E-state index contributed by atoms with van der Waals surface area (Å²) in [5.41, 5.74) is 4.24. The molecule has 3 aromatic heterocycles. The van der Waals surface area contributed by atoms with E-state index in [1.807, 2.05) is 16.8 Å². The number of likely N-dealkylation sites (N-methyl/N-ethyl adjacent to an activating group) is 1. The maximum absolute atomic E-state index is 9.92. The Balaban J connectivity index is 1.16. The molecule has 6 rings (SSSR count). The molecule has 39 heavy (non-hydrogen) atoms. The van der Waals surface area contributed by atoms with Crippen LogP contribution >= 0.6 is 11.6 Å². The summed E-state index contributed by atoms with van der Waals surface area (Å²) in [6, 6.07) is 9.93. The van der Waals surface area contributed by atoms with Crippen molar-refractivity contribution in [1.29, 1.82) is 0 Å². The number of imidazole rings is 1. The number of fused-ring (bicyclic) bond motifs is 1. The molecule has 10 nitrogen and oxygen atoms in total. The molecule has 0 unspecified atom stereocenters. The molecule has 0 spiro atoms. The van der Waals surface area contributed by atoms with Crippen LogP contribution in [0.4, 0.5) is 17.3 Å². The summed E-state index contributed by atoms with van der Waals surface area (Å²) in [5, 5.41) is 10.4. The molecular weight excluding hydrogens is 516 g/mol. The van der Waals surface area contributed by atoms with Crippen LogP contribution in [-0.2, 0) is 6.61 Å². The number of halogens is 1. The molecule has 0 atom stereocenters. The van der Waals surface area contributed by atoms with Gasteiger partial charge in [0.05, 0.1) is 24.4 Å². The zero-order chi connectivity index (χ0) is 26.9. The molecule has 2 aliphatic heterocycles. The Bertz CT molecular complexity index is 1460. The maximum atomic E-state index is 9.92. The van der Waals surface area contributed by atoms with Crippen LogP contribution in [0.2, 0.25) is 5.02 Å². The normalized spacial score (nSPS) is 16.8. The maximum Gasteiger partial charge on any atom is 0.139 e. The highest BCUT2D eigenvalue weighted by Crippen LogP contribution is 2.34. The first-order valence-corrected chi connectivity index (χ1v) is 13.6. The molecule has 11 heteroatoms. The fraction of sp³-hybridized carbons (Fsp3) is 0.393. The molecule has 2 aliphatic rings. The Kier molecular flexibility index (Phi) is 7.16. The van der Waals surface area contributed by atoms with Crippen molar-refractivity contribution in [2.45, 2.75) is 6.61 Å². The number of ether oxygens (including phenoxy) is 1. The van der Waals surface area contributed by atoms with E-state index >= 15 is 0 Å².